The summed E-state index contributed by atoms with van der Waals surface area (Å²) in [4.78, 5) is 25.0. The minimum absolute atomic E-state index is 0.0480. The van der Waals surface area contributed by atoms with E-state index in [1.807, 2.05) is 0 Å². The van der Waals surface area contributed by atoms with Gasteiger partial charge in [-0.05, 0) is 37.1 Å². The summed E-state index contributed by atoms with van der Waals surface area (Å²) >= 11 is 5.84. The first-order valence-electron chi connectivity index (χ1n) is 7.30. The highest BCUT2D eigenvalue weighted by atomic mass is 35.5. The minimum atomic E-state index is -0.906. The van der Waals surface area contributed by atoms with Crippen molar-refractivity contribution in [2.45, 2.75) is 25.3 Å². The molecule has 1 fully saturated rings. The van der Waals surface area contributed by atoms with Crippen molar-refractivity contribution < 1.29 is 19.2 Å². The lowest BCUT2D eigenvalue weighted by molar-refractivity contribution is -0.137. The van der Waals surface area contributed by atoms with Gasteiger partial charge in [-0.15, -0.1) is 0 Å². The predicted molar refractivity (Wildman–Crippen MR) is 83.3 cm³/mol. The fourth-order valence-corrected chi connectivity index (χ4v) is 2.92. The molecule has 1 amide bonds. The summed E-state index contributed by atoms with van der Waals surface area (Å²) in [6.07, 6.45) is 1.44. The maximum Gasteiger partial charge on any atom is 0.305 e. The lowest BCUT2D eigenvalue weighted by Crippen LogP contribution is -2.37. The zero-order valence-electron chi connectivity index (χ0n) is 12.2. The van der Waals surface area contributed by atoms with E-state index in [1.54, 1.807) is 35.2 Å². The van der Waals surface area contributed by atoms with Crippen LogP contribution in [0.25, 0.3) is 11.3 Å². The molecule has 2 heterocycles. The Bertz CT molecular complexity index is 726. The Morgan fingerprint density at radius 2 is 2.09 bits per heavy atom. The first-order valence-corrected chi connectivity index (χ1v) is 7.68. The van der Waals surface area contributed by atoms with Gasteiger partial charge < -0.3 is 14.5 Å². The van der Waals surface area contributed by atoms with E-state index in [-0.39, 0.29) is 24.1 Å². The molecule has 1 N–H and O–H groups in total. The Labute approximate surface area is 137 Å². The topological polar surface area (TPSA) is 83.6 Å². The van der Waals surface area contributed by atoms with Gasteiger partial charge in [-0.3, -0.25) is 9.59 Å². The van der Waals surface area contributed by atoms with Crippen molar-refractivity contribution in [3.05, 3.63) is 41.0 Å². The van der Waals surface area contributed by atoms with Crippen LogP contribution in [0, 0.1) is 0 Å². The summed E-state index contributed by atoms with van der Waals surface area (Å²) in [6.45, 7) is 0.542. The number of aromatic nitrogens is 1. The van der Waals surface area contributed by atoms with Crippen molar-refractivity contribution in [3.8, 4) is 11.3 Å². The summed E-state index contributed by atoms with van der Waals surface area (Å²) in [5, 5.41) is 13.4. The number of carbonyl (C=O) groups excluding carboxylic acids is 1. The number of halogens is 1. The lowest BCUT2D eigenvalue weighted by atomic mass is 10.1. The summed E-state index contributed by atoms with van der Waals surface area (Å²) in [5.41, 5.74) is 0.955. The number of carbonyl (C=O) groups is 2. The number of likely N-dealkylation sites (tertiary alicyclic amines) is 1. The second kappa shape index (κ2) is 6.42. The first-order chi connectivity index (χ1) is 11.0. The number of aliphatic carboxylic acids is 1. The van der Waals surface area contributed by atoms with Crippen LogP contribution in [0.4, 0.5) is 0 Å². The number of hydrogen-bond donors (Lipinski definition) is 1. The molecule has 1 atom stereocenters. The van der Waals surface area contributed by atoms with Crippen LogP contribution < -0.4 is 0 Å². The molecule has 23 heavy (non-hydrogen) atoms. The highest BCUT2D eigenvalue weighted by Gasteiger charge is 2.32. The van der Waals surface area contributed by atoms with Gasteiger partial charge in [0.1, 0.15) is 0 Å². The number of benzene rings is 1. The number of hydrogen-bond acceptors (Lipinski definition) is 4. The normalized spacial score (nSPS) is 17.4. The van der Waals surface area contributed by atoms with Gasteiger partial charge in [0.2, 0.25) is 0 Å². The Balaban J connectivity index is 1.78. The van der Waals surface area contributed by atoms with Crippen molar-refractivity contribution >= 4 is 23.5 Å². The molecular weight excluding hydrogens is 320 g/mol. The van der Waals surface area contributed by atoms with Gasteiger partial charge in [-0.1, -0.05) is 16.8 Å². The van der Waals surface area contributed by atoms with Crippen molar-refractivity contribution in [2.24, 2.45) is 0 Å². The van der Waals surface area contributed by atoms with Crippen LogP contribution in [0.3, 0.4) is 0 Å². The lowest BCUT2D eigenvalue weighted by Gasteiger charge is -2.22. The molecule has 1 unspecified atom stereocenters. The number of amides is 1. The number of carboxylic acid groups (broad SMARTS) is 1. The van der Waals surface area contributed by atoms with E-state index in [0.717, 1.165) is 12.0 Å². The molecule has 1 aromatic heterocycles. The average Bonchev–Trinajstić information content (AvgIpc) is 3.16. The molecule has 1 aromatic carbocycles. The maximum absolute atomic E-state index is 12.5. The standard InChI is InChI=1S/C16H15ClN2O4/c17-11-5-3-10(4-6-11)14-9-13(18-23-14)16(22)19-7-1-2-12(19)8-15(20)21/h3-6,9,12H,1-2,7-8H2,(H,20,21). The quantitative estimate of drug-likeness (QED) is 0.929. The van der Waals surface area contributed by atoms with E-state index in [9.17, 15) is 9.59 Å². The van der Waals surface area contributed by atoms with Gasteiger partial charge in [0.25, 0.3) is 5.91 Å². The maximum atomic E-state index is 12.5. The number of rotatable bonds is 4. The summed E-state index contributed by atoms with van der Waals surface area (Å²) in [6, 6.07) is 8.30. The molecule has 7 heteroatoms. The third kappa shape index (κ3) is 3.37. The average molecular weight is 335 g/mol. The number of nitrogens with zero attached hydrogens (tertiary/aromatic N) is 2. The van der Waals surface area contributed by atoms with Gasteiger partial charge in [0, 0.05) is 29.2 Å². The SMILES string of the molecule is O=C(O)CC1CCCN1C(=O)c1cc(-c2ccc(Cl)cc2)on1. The van der Waals surface area contributed by atoms with Crippen LogP contribution in [0.15, 0.2) is 34.9 Å². The minimum Gasteiger partial charge on any atom is -0.481 e. The summed E-state index contributed by atoms with van der Waals surface area (Å²) in [7, 11) is 0. The molecule has 1 aliphatic rings. The molecular formula is C16H15ClN2O4. The molecule has 1 saturated heterocycles. The van der Waals surface area contributed by atoms with Crippen molar-refractivity contribution in [3.63, 3.8) is 0 Å². The fraction of sp³-hybridized carbons (Fsp3) is 0.312. The second-order valence-corrected chi connectivity index (χ2v) is 5.91. The molecule has 0 spiro atoms. The largest absolute Gasteiger partial charge is 0.481 e. The second-order valence-electron chi connectivity index (χ2n) is 5.48. The van der Waals surface area contributed by atoms with Crippen molar-refractivity contribution in [2.75, 3.05) is 6.54 Å². The van der Waals surface area contributed by atoms with Gasteiger partial charge in [0.05, 0.1) is 6.42 Å². The Kier molecular flexibility index (Phi) is 4.34. The van der Waals surface area contributed by atoms with Gasteiger partial charge in [-0.25, -0.2) is 0 Å². The number of carboxylic acids is 1. The molecule has 120 valence electrons. The van der Waals surface area contributed by atoms with E-state index in [2.05, 4.69) is 5.16 Å². The summed E-state index contributed by atoms with van der Waals surface area (Å²) in [5.74, 6) is -0.728. The van der Waals surface area contributed by atoms with Crippen LogP contribution >= 0.6 is 11.6 Å². The van der Waals surface area contributed by atoms with E-state index < -0.39 is 5.97 Å². The van der Waals surface area contributed by atoms with Crippen LogP contribution in [-0.2, 0) is 4.79 Å². The molecule has 0 bridgehead atoms. The fourth-order valence-electron chi connectivity index (χ4n) is 2.79. The highest BCUT2D eigenvalue weighted by Crippen LogP contribution is 2.26. The molecule has 1 aliphatic heterocycles. The van der Waals surface area contributed by atoms with Gasteiger partial charge in [-0.2, -0.15) is 0 Å². The molecule has 0 radical (unpaired) electrons. The monoisotopic (exact) mass is 334 g/mol. The van der Waals surface area contributed by atoms with E-state index >= 15 is 0 Å². The van der Waals surface area contributed by atoms with Crippen LogP contribution in [0.2, 0.25) is 5.02 Å². The van der Waals surface area contributed by atoms with Crippen LogP contribution in [0.5, 0.6) is 0 Å². The molecule has 3 rings (SSSR count). The zero-order valence-corrected chi connectivity index (χ0v) is 13.0. The van der Waals surface area contributed by atoms with Gasteiger partial charge in [0.15, 0.2) is 11.5 Å². The van der Waals surface area contributed by atoms with Crippen LogP contribution in [-0.4, -0.2) is 39.6 Å². The smallest absolute Gasteiger partial charge is 0.305 e. The van der Waals surface area contributed by atoms with E-state index in [4.69, 9.17) is 21.2 Å². The molecule has 2 aromatic rings. The zero-order chi connectivity index (χ0) is 16.4. The predicted octanol–water partition coefficient (Wildman–Crippen LogP) is 3.07. The van der Waals surface area contributed by atoms with E-state index in [0.29, 0.717) is 23.7 Å². The third-order valence-electron chi connectivity index (χ3n) is 3.91. The Morgan fingerprint density at radius 1 is 1.35 bits per heavy atom. The third-order valence-corrected chi connectivity index (χ3v) is 4.16. The molecule has 0 saturated carbocycles. The Hall–Kier alpha value is -2.34. The Morgan fingerprint density at radius 3 is 2.78 bits per heavy atom. The van der Waals surface area contributed by atoms with Crippen molar-refractivity contribution in [1.82, 2.24) is 10.1 Å². The first kappa shape index (κ1) is 15.6. The highest BCUT2D eigenvalue weighted by molar-refractivity contribution is 6.30. The van der Waals surface area contributed by atoms with Crippen LogP contribution in [0.1, 0.15) is 29.8 Å². The van der Waals surface area contributed by atoms with E-state index in [1.165, 1.54) is 0 Å². The molecule has 0 aliphatic carbocycles. The molecule has 6 nitrogen and oxygen atoms in total. The van der Waals surface area contributed by atoms with Gasteiger partial charge >= 0.3 is 5.97 Å². The summed E-state index contributed by atoms with van der Waals surface area (Å²) < 4.78 is 5.23. The van der Waals surface area contributed by atoms with Crippen molar-refractivity contribution in [1.29, 1.82) is 0 Å².